The monoisotopic (exact) mass is 286 g/mol. The van der Waals surface area contributed by atoms with Crippen LogP contribution in [-0.4, -0.2) is 25.2 Å². The zero-order valence-corrected chi connectivity index (χ0v) is 13.7. The molecule has 0 aliphatic rings. The Hall–Kier alpha value is -1.06. The van der Waals surface area contributed by atoms with Crippen LogP contribution in [0.4, 0.5) is 0 Å². The second kappa shape index (κ2) is 9.78. The van der Waals surface area contributed by atoms with Crippen molar-refractivity contribution in [2.24, 2.45) is 11.3 Å². The minimum atomic E-state index is -1.12. The maximum absolute atomic E-state index is 12.3. The number of esters is 2. The van der Waals surface area contributed by atoms with Crippen LogP contribution < -0.4 is 0 Å². The molecule has 0 rings (SSSR count). The Kier molecular flexibility index (Phi) is 9.26. The van der Waals surface area contributed by atoms with Crippen molar-refractivity contribution in [2.75, 3.05) is 13.2 Å². The third-order valence-electron chi connectivity index (χ3n) is 3.39. The molecule has 0 heterocycles. The van der Waals surface area contributed by atoms with Gasteiger partial charge in [0.05, 0.1) is 13.2 Å². The van der Waals surface area contributed by atoms with Crippen molar-refractivity contribution < 1.29 is 19.1 Å². The highest BCUT2D eigenvalue weighted by Gasteiger charge is 2.47. The van der Waals surface area contributed by atoms with Crippen molar-refractivity contribution in [1.29, 1.82) is 0 Å². The number of rotatable bonds is 10. The van der Waals surface area contributed by atoms with Crippen molar-refractivity contribution in [1.82, 2.24) is 0 Å². The van der Waals surface area contributed by atoms with Crippen LogP contribution in [-0.2, 0) is 19.1 Å². The number of carbonyl (C=O) groups excluding carboxylic acids is 2. The summed E-state index contributed by atoms with van der Waals surface area (Å²) in [6, 6.07) is 0. The Labute approximate surface area is 123 Å². The highest BCUT2D eigenvalue weighted by Crippen LogP contribution is 2.34. The van der Waals surface area contributed by atoms with E-state index in [1.165, 1.54) is 0 Å². The van der Waals surface area contributed by atoms with E-state index in [1.807, 2.05) is 6.92 Å². The van der Waals surface area contributed by atoms with Crippen LogP contribution in [0.2, 0.25) is 0 Å². The van der Waals surface area contributed by atoms with Gasteiger partial charge in [0.1, 0.15) is 0 Å². The molecule has 0 bridgehead atoms. The Morgan fingerprint density at radius 2 is 1.45 bits per heavy atom. The first kappa shape index (κ1) is 18.9. The van der Waals surface area contributed by atoms with Gasteiger partial charge >= 0.3 is 11.9 Å². The molecule has 0 saturated carbocycles. The zero-order chi connectivity index (χ0) is 15.6. The molecule has 0 aromatic carbocycles. The van der Waals surface area contributed by atoms with Crippen LogP contribution in [0.15, 0.2) is 0 Å². The predicted octanol–water partition coefficient (Wildman–Crippen LogP) is 3.73. The lowest BCUT2D eigenvalue weighted by molar-refractivity contribution is -0.173. The highest BCUT2D eigenvalue weighted by molar-refractivity contribution is 6.00. The second-order valence-corrected chi connectivity index (χ2v) is 5.56. The van der Waals surface area contributed by atoms with E-state index in [0.717, 1.165) is 19.3 Å². The number of hydrogen-bond donors (Lipinski definition) is 0. The first-order valence-electron chi connectivity index (χ1n) is 7.79. The minimum Gasteiger partial charge on any atom is -0.465 e. The second-order valence-electron chi connectivity index (χ2n) is 5.56. The van der Waals surface area contributed by atoms with E-state index >= 15 is 0 Å². The highest BCUT2D eigenvalue weighted by atomic mass is 16.6. The summed E-state index contributed by atoms with van der Waals surface area (Å²) in [6.45, 7) is 10.3. The molecule has 0 spiro atoms. The van der Waals surface area contributed by atoms with Gasteiger partial charge in [0.25, 0.3) is 0 Å². The lowest BCUT2D eigenvalue weighted by Crippen LogP contribution is -2.42. The molecule has 0 amide bonds. The maximum Gasteiger partial charge on any atom is 0.323 e. The smallest absolute Gasteiger partial charge is 0.323 e. The van der Waals surface area contributed by atoms with Crippen LogP contribution in [0.25, 0.3) is 0 Å². The van der Waals surface area contributed by atoms with Crippen molar-refractivity contribution in [3.8, 4) is 0 Å². The summed E-state index contributed by atoms with van der Waals surface area (Å²) < 4.78 is 10.3. The topological polar surface area (TPSA) is 52.6 Å². The van der Waals surface area contributed by atoms with E-state index < -0.39 is 17.4 Å². The van der Waals surface area contributed by atoms with Gasteiger partial charge in [-0.1, -0.05) is 40.0 Å². The molecule has 0 atom stereocenters. The van der Waals surface area contributed by atoms with Crippen molar-refractivity contribution in [3.05, 3.63) is 0 Å². The first-order valence-corrected chi connectivity index (χ1v) is 7.79. The molecule has 0 N–H and O–H groups in total. The molecule has 20 heavy (non-hydrogen) atoms. The Bertz CT molecular complexity index is 279. The number of ether oxygens (including phenoxy) is 2. The quantitative estimate of drug-likeness (QED) is 0.453. The SMILES string of the molecule is CCCC(CCCC(C)C)(C(=O)OCC)C(=O)OCC. The molecular formula is C16H30O4. The van der Waals surface area contributed by atoms with Gasteiger partial charge in [0, 0.05) is 0 Å². The molecule has 0 fully saturated rings. The summed E-state index contributed by atoms with van der Waals surface area (Å²) in [5, 5.41) is 0. The first-order chi connectivity index (χ1) is 9.44. The minimum absolute atomic E-state index is 0.286. The van der Waals surface area contributed by atoms with Gasteiger partial charge < -0.3 is 9.47 Å². The van der Waals surface area contributed by atoms with Gasteiger partial charge in [-0.3, -0.25) is 9.59 Å². The summed E-state index contributed by atoms with van der Waals surface area (Å²) >= 11 is 0. The molecule has 4 nitrogen and oxygen atoms in total. The number of carbonyl (C=O) groups is 2. The molecule has 0 radical (unpaired) electrons. The largest absolute Gasteiger partial charge is 0.465 e. The fourth-order valence-electron chi connectivity index (χ4n) is 2.39. The van der Waals surface area contributed by atoms with E-state index in [0.29, 0.717) is 18.8 Å². The van der Waals surface area contributed by atoms with Crippen LogP contribution in [0, 0.1) is 11.3 Å². The summed E-state index contributed by atoms with van der Waals surface area (Å²) in [5.74, 6) is -0.299. The summed E-state index contributed by atoms with van der Waals surface area (Å²) in [6.07, 6.45) is 3.57. The Morgan fingerprint density at radius 3 is 1.80 bits per heavy atom. The molecular weight excluding hydrogens is 256 g/mol. The summed E-state index contributed by atoms with van der Waals surface area (Å²) in [7, 11) is 0. The van der Waals surface area contributed by atoms with E-state index in [-0.39, 0.29) is 13.2 Å². The van der Waals surface area contributed by atoms with Crippen molar-refractivity contribution in [2.45, 2.75) is 66.7 Å². The van der Waals surface area contributed by atoms with Gasteiger partial charge in [0.15, 0.2) is 5.41 Å². The van der Waals surface area contributed by atoms with Crippen molar-refractivity contribution in [3.63, 3.8) is 0 Å². The third-order valence-corrected chi connectivity index (χ3v) is 3.39. The van der Waals surface area contributed by atoms with E-state index in [4.69, 9.17) is 9.47 Å². The van der Waals surface area contributed by atoms with Crippen LogP contribution in [0.3, 0.4) is 0 Å². The fraction of sp³-hybridized carbons (Fsp3) is 0.875. The molecule has 0 unspecified atom stereocenters. The zero-order valence-electron chi connectivity index (χ0n) is 13.7. The van der Waals surface area contributed by atoms with Crippen LogP contribution in [0.5, 0.6) is 0 Å². The van der Waals surface area contributed by atoms with Crippen LogP contribution in [0.1, 0.15) is 66.7 Å². The lowest BCUT2D eigenvalue weighted by Gasteiger charge is -2.29. The van der Waals surface area contributed by atoms with E-state index in [9.17, 15) is 9.59 Å². The molecule has 118 valence electrons. The normalized spacial score (nSPS) is 11.5. The van der Waals surface area contributed by atoms with Gasteiger partial charge in [-0.15, -0.1) is 0 Å². The van der Waals surface area contributed by atoms with Gasteiger partial charge in [0.2, 0.25) is 0 Å². The fourth-order valence-corrected chi connectivity index (χ4v) is 2.39. The Balaban J connectivity index is 5.10. The molecule has 0 aromatic heterocycles. The summed E-state index contributed by atoms with van der Waals surface area (Å²) in [5.41, 5.74) is -1.12. The predicted molar refractivity (Wildman–Crippen MR) is 79.3 cm³/mol. The van der Waals surface area contributed by atoms with E-state index in [2.05, 4.69) is 13.8 Å². The summed E-state index contributed by atoms with van der Waals surface area (Å²) in [4.78, 5) is 24.6. The molecule has 0 aliphatic heterocycles. The third kappa shape index (κ3) is 5.51. The molecule has 4 heteroatoms. The number of hydrogen-bond acceptors (Lipinski definition) is 4. The average molecular weight is 286 g/mol. The van der Waals surface area contributed by atoms with Gasteiger partial charge in [-0.2, -0.15) is 0 Å². The van der Waals surface area contributed by atoms with Crippen molar-refractivity contribution >= 4 is 11.9 Å². The molecule has 0 saturated heterocycles. The van der Waals surface area contributed by atoms with Gasteiger partial charge in [-0.05, 0) is 32.6 Å². The molecule has 0 aromatic rings. The average Bonchev–Trinajstić information content (AvgIpc) is 2.37. The molecule has 0 aliphatic carbocycles. The Morgan fingerprint density at radius 1 is 0.950 bits per heavy atom. The maximum atomic E-state index is 12.3. The lowest BCUT2D eigenvalue weighted by atomic mass is 9.78. The van der Waals surface area contributed by atoms with E-state index in [1.54, 1.807) is 13.8 Å². The van der Waals surface area contributed by atoms with Gasteiger partial charge in [-0.25, -0.2) is 0 Å². The standard InChI is InChI=1S/C16H30O4/c1-6-11-16(14(17)19-7-2,15(18)20-8-3)12-9-10-13(4)5/h13H,6-12H2,1-5H3. The van der Waals surface area contributed by atoms with Crippen LogP contribution >= 0.6 is 0 Å².